The van der Waals surface area contributed by atoms with Gasteiger partial charge < -0.3 is 15.2 Å². The maximum atomic E-state index is 13.3. The normalized spacial score (nSPS) is 11.6. The number of anilines is 1. The molecule has 166 valence electrons. The predicted molar refractivity (Wildman–Crippen MR) is 123 cm³/mol. The van der Waals surface area contributed by atoms with Crippen LogP contribution in [0.3, 0.4) is 0 Å². The van der Waals surface area contributed by atoms with E-state index in [0.717, 1.165) is 0 Å². The lowest BCUT2D eigenvalue weighted by atomic mass is 10.2. The van der Waals surface area contributed by atoms with Crippen molar-refractivity contribution in [2.45, 2.75) is 24.7 Å². The first-order chi connectivity index (χ1) is 15.4. The number of nitrogens with zero attached hydrogens (tertiary/aromatic N) is 3. The molecule has 2 amide bonds. The van der Waals surface area contributed by atoms with Gasteiger partial charge in [-0.3, -0.25) is 9.59 Å². The largest absolute Gasteiger partial charge is 0.342 e. The first-order valence-electron chi connectivity index (χ1n) is 9.66. The lowest BCUT2D eigenvalue weighted by molar-refractivity contribution is -0.113. The Balaban J connectivity index is 1.65. The summed E-state index contributed by atoms with van der Waals surface area (Å²) in [5.41, 5.74) is 0.939. The van der Waals surface area contributed by atoms with Gasteiger partial charge in [0.05, 0.1) is 16.8 Å². The topological polar surface area (TPSA) is 88.9 Å². The molecular formula is C22H21ClFN5O2S. The highest BCUT2D eigenvalue weighted by Gasteiger charge is 2.20. The van der Waals surface area contributed by atoms with E-state index in [0.29, 0.717) is 28.8 Å². The summed E-state index contributed by atoms with van der Waals surface area (Å²) in [5.74, 6) is -0.495. The summed E-state index contributed by atoms with van der Waals surface area (Å²) < 4.78 is 15.1. The van der Waals surface area contributed by atoms with Gasteiger partial charge in [0.15, 0.2) is 11.0 Å². The number of amides is 2. The minimum absolute atomic E-state index is 0.0506. The van der Waals surface area contributed by atoms with Crippen molar-refractivity contribution >= 4 is 40.9 Å². The average molecular weight is 474 g/mol. The van der Waals surface area contributed by atoms with Gasteiger partial charge in [-0.15, -0.1) is 16.8 Å². The zero-order valence-corrected chi connectivity index (χ0v) is 18.8. The molecule has 1 unspecified atom stereocenters. The van der Waals surface area contributed by atoms with Gasteiger partial charge in [-0.1, -0.05) is 47.6 Å². The van der Waals surface area contributed by atoms with Gasteiger partial charge >= 0.3 is 0 Å². The molecule has 3 rings (SSSR count). The summed E-state index contributed by atoms with van der Waals surface area (Å²) in [6, 6.07) is 12.4. The van der Waals surface area contributed by atoms with Crippen molar-refractivity contribution in [1.29, 1.82) is 0 Å². The summed E-state index contributed by atoms with van der Waals surface area (Å²) in [6.45, 7) is 5.97. The molecule has 2 N–H and O–H groups in total. The molecule has 2 aromatic carbocycles. The van der Waals surface area contributed by atoms with Crippen LogP contribution in [-0.4, -0.2) is 32.3 Å². The Labute approximate surface area is 194 Å². The molecule has 7 nitrogen and oxygen atoms in total. The molecule has 0 spiro atoms. The number of hydrogen-bond donors (Lipinski definition) is 2. The Morgan fingerprint density at radius 1 is 1.25 bits per heavy atom. The van der Waals surface area contributed by atoms with Crippen molar-refractivity contribution in [3.8, 4) is 0 Å². The molecule has 3 aromatic rings. The van der Waals surface area contributed by atoms with E-state index in [1.165, 1.54) is 30.0 Å². The minimum atomic E-state index is -0.558. The van der Waals surface area contributed by atoms with Crippen molar-refractivity contribution in [1.82, 2.24) is 20.1 Å². The number of allylic oxidation sites excluding steroid dienone is 1. The molecule has 32 heavy (non-hydrogen) atoms. The van der Waals surface area contributed by atoms with E-state index >= 15 is 0 Å². The monoisotopic (exact) mass is 473 g/mol. The molecular weight excluding hydrogens is 453 g/mol. The lowest BCUT2D eigenvalue weighted by Crippen LogP contribution is -2.28. The fourth-order valence-electron chi connectivity index (χ4n) is 2.86. The summed E-state index contributed by atoms with van der Waals surface area (Å²) >= 11 is 6.93. The first-order valence-corrected chi connectivity index (χ1v) is 11.0. The van der Waals surface area contributed by atoms with Crippen molar-refractivity contribution in [3.63, 3.8) is 0 Å². The molecule has 0 radical (unpaired) electrons. The van der Waals surface area contributed by atoms with Crippen molar-refractivity contribution in [3.05, 3.63) is 83.4 Å². The SMILES string of the molecule is C=CCn1c(SCC(=O)Nc2ccc(F)c(Cl)c2)nnc1C(C)NC(=O)c1ccccc1. The van der Waals surface area contributed by atoms with E-state index < -0.39 is 11.9 Å². The van der Waals surface area contributed by atoms with Crippen LogP contribution in [0, 0.1) is 5.82 Å². The van der Waals surface area contributed by atoms with Crippen LogP contribution in [0.1, 0.15) is 29.1 Å². The van der Waals surface area contributed by atoms with Crippen LogP contribution in [0.5, 0.6) is 0 Å². The van der Waals surface area contributed by atoms with Crippen LogP contribution < -0.4 is 10.6 Å². The van der Waals surface area contributed by atoms with Gasteiger partial charge in [0, 0.05) is 17.8 Å². The summed E-state index contributed by atoms with van der Waals surface area (Å²) in [4.78, 5) is 24.7. The lowest BCUT2D eigenvalue weighted by Gasteiger charge is -2.15. The van der Waals surface area contributed by atoms with E-state index in [-0.39, 0.29) is 22.6 Å². The van der Waals surface area contributed by atoms with Gasteiger partial charge in [-0.05, 0) is 37.3 Å². The molecule has 0 aliphatic rings. The maximum absolute atomic E-state index is 13.3. The maximum Gasteiger partial charge on any atom is 0.251 e. The van der Waals surface area contributed by atoms with Crippen LogP contribution in [0.15, 0.2) is 66.3 Å². The van der Waals surface area contributed by atoms with Gasteiger partial charge in [0.25, 0.3) is 5.91 Å². The second-order valence-electron chi connectivity index (χ2n) is 6.77. The van der Waals surface area contributed by atoms with Crippen LogP contribution in [0.2, 0.25) is 5.02 Å². The van der Waals surface area contributed by atoms with E-state index in [4.69, 9.17) is 11.6 Å². The molecule has 1 atom stereocenters. The molecule has 1 aromatic heterocycles. The Morgan fingerprint density at radius 2 is 2.00 bits per heavy atom. The number of rotatable bonds is 9. The first kappa shape index (κ1) is 23.5. The van der Waals surface area contributed by atoms with E-state index in [1.54, 1.807) is 34.9 Å². The summed E-state index contributed by atoms with van der Waals surface area (Å²) in [7, 11) is 0. The number of hydrogen-bond acceptors (Lipinski definition) is 5. The second kappa shape index (κ2) is 10.9. The van der Waals surface area contributed by atoms with Crippen LogP contribution in [-0.2, 0) is 11.3 Å². The molecule has 0 aliphatic carbocycles. The zero-order chi connectivity index (χ0) is 23.1. The van der Waals surface area contributed by atoms with Crippen molar-refractivity contribution in [2.24, 2.45) is 0 Å². The minimum Gasteiger partial charge on any atom is -0.342 e. The van der Waals surface area contributed by atoms with Crippen LogP contribution in [0.25, 0.3) is 0 Å². The third kappa shape index (κ3) is 5.95. The number of halogens is 2. The van der Waals surface area contributed by atoms with Gasteiger partial charge in [-0.2, -0.15) is 0 Å². The average Bonchev–Trinajstić information content (AvgIpc) is 3.18. The molecule has 0 saturated heterocycles. The highest BCUT2D eigenvalue weighted by atomic mass is 35.5. The van der Waals surface area contributed by atoms with E-state index in [9.17, 15) is 14.0 Å². The Kier molecular flexibility index (Phi) is 8.02. The van der Waals surface area contributed by atoms with E-state index in [2.05, 4.69) is 27.4 Å². The number of benzene rings is 2. The predicted octanol–water partition coefficient (Wildman–Crippen LogP) is 4.48. The zero-order valence-electron chi connectivity index (χ0n) is 17.2. The Bertz CT molecular complexity index is 1120. The molecule has 1 heterocycles. The number of thioether (sulfide) groups is 1. The number of nitrogens with one attached hydrogen (secondary N) is 2. The molecule has 0 saturated carbocycles. The van der Waals surface area contributed by atoms with Crippen molar-refractivity contribution in [2.75, 3.05) is 11.1 Å². The fourth-order valence-corrected chi connectivity index (χ4v) is 3.80. The Morgan fingerprint density at radius 3 is 2.69 bits per heavy atom. The number of carbonyl (C=O) groups is 2. The third-order valence-electron chi connectivity index (χ3n) is 4.36. The molecule has 0 bridgehead atoms. The highest BCUT2D eigenvalue weighted by Crippen LogP contribution is 2.23. The molecule has 0 aliphatic heterocycles. The quantitative estimate of drug-likeness (QED) is 0.353. The summed E-state index contributed by atoms with van der Waals surface area (Å²) in [6.07, 6.45) is 1.68. The fraction of sp³-hybridized carbons (Fsp3) is 0.182. The van der Waals surface area contributed by atoms with Crippen LogP contribution >= 0.6 is 23.4 Å². The summed E-state index contributed by atoms with van der Waals surface area (Å²) in [5, 5.41) is 14.4. The standard InChI is InChI=1S/C22H21ClFN5O2S/c1-3-11-29-20(14(2)25-21(31)15-7-5-4-6-8-15)27-28-22(29)32-13-19(30)26-16-9-10-18(24)17(23)12-16/h3-10,12,14H,1,11,13H2,2H3,(H,25,31)(H,26,30). The van der Waals surface area contributed by atoms with Crippen LogP contribution in [0.4, 0.5) is 10.1 Å². The second-order valence-corrected chi connectivity index (χ2v) is 8.12. The smallest absolute Gasteiger partial charge is 0.251 e. The van der Waals surface area contributed by atoms with Gasteiger partial charge in [-0.25, -0.2) is 4.39 Å². The Hall–Kier alpha value is -3.17. The molecule has 10 heteroatoms. The third-order valence-corrected chi connectivity index (χ3v) is 5.62. The number of aromatic nitrogens is 3. The highest BCUT2D eigenvalue weighted by molar-refractivity contribution is 7.99. The van der Waals surface area contributed by atoms with Gasteiger partial charge in [0.1, 0.15) is 5.82 Å². The number of carbonyl (C=O) groups excluding carboxylic acids is 2. The van der Waals surface area contributed by atoms with Crippen molar-refractivity contribution < 1.29 is 14.0 Å². The van der Waals surface area contributed by atoms with Gasteiger partial charge in [0.2, 0.25) is 5.91 Å². The molecule has 0 fully saturated rings. The van der Waals surface area contributed by atoms with E-state index in [1.807, 2.05) is 13.0 Å².